The quantitative estimate of drug-likeness (QED) is 0.836. The molecule has 1 saturated heterocycles. The van der Waals surface area contributed by atoms with E-state index in [1.807, 2.05) is 69.3 Å². The SMILES string of the molecule is Cc1ccc(N2C(=O)CCC2(C#N)c2ccc(OC(C)C)cc2)cc1. The molecular weight excluding hydrogens is 312 g/mol. The molecule has 1 unspecified atom stereocenters. The third-order valence-electron chi connectivity index (χ3n) is 4.51. The lowest BCUT2D eigenvalue weighted by Crippen LogP contribution is -2.42. The van der Waals surface area contributed by atoms with Crippen LogP contribution in [0.2, 0.25) is 0 Å². The monoisotopic (exact) mass is 334 g/mol. The molecule has 4 heteroatoms. The summed E-state index contributed by atoms with van der Waals surface area (Å²) in [6.45, 7) is 5.94. The van der Waals surface area contributed by atoms with Crippen LogP contribution in [0, 0.1) is 18.3 Å². The Bertz CT molecular complexity index is 803. The maximum Gasteiger partial charge on any atom is 0.228 e. The van der Waals surface area contributed by atoms with E-state index >= 15 is 0 Å². The average molecular weight is 334 g/mol. The summed E-state index contributed by atoms with van der Waals surface area (Å²) < 4.78 is 5.68. The third-order valence-corrected chi connectivity index (χ3v) is 4.51. The lowest BCUT2D eigenvalue weighted by molar-refractivity contribution is -0.117. The Balaban J connectivity index is 2.02. The molecule has 0 radical (unpaired) electrons. The predicted octanol–water partition coefficient (Wildman–Crippen LogP) is 4.33. The fourth-order valence-corrected chi connectivity index (χ4v) is 3.31. The van der Waals surface area contributed by atoms with Gasteiger partial charge in [-0.1, -0.05) is 29.8 Å². The van der Waals surface area contributed by atoms with Crippen molar-refractivity contribution in [2.75, 3.05) is 4.90 Å². The van der Waals surface area contributed by atoms with Gasteiger partial charge in [0.1, 0.15) is 5.75 Å². The highest BCUT2D eigenvalue weighted by atomic mass is 16.5. The topological polar surface area (TPSA) is 53.3 Å². The minimum absolute atomic E-state index is 0.0205. The van der Waals surface area contributed by atoms with Gasteiger partial charge in [0.15, 0.2) is 5.54 Å². The normalized spacial score (nSPS) is 20.0. The maximum absolute atomic E-state index is 12.6. The molecule has 1 amide bonds. The molecule has 0 spiro atoms. The van der Waals surface area contributed by atoms with Gasteiger partial charge in [0.05, 0.1) is 12.2 Å². The second kappa shape index (κ2) is 6.60. The van der Waals surface area contributed by atoms with Crippen LogP contribution < -0.4 is 9.64 Å². The van der Waals surface area contributed by atoms with Crippen molar-refractivity contribution in [3.05, 3.63) is 59.7 Å². The number of benzene rings is 2. The van der Waals surface area contributed by atoms with Gasteiger partial charge in [-0.25, -0.2) is 0 Å². The predicted molar refractivity (Wildman–Crippen MR) is 97.4 cm³/mol. The molecule has 3 rings (SSSR count). The summed E-state index contributed by atoms with van der Waals surface area (Å²) in [6, 6.07) is 17.7. The molecule has 25 heavy (non-hydrogen) atoms. The number of carbonyl (C=O) groups excluding carboxylic acids is 1. The highest BCUT2D eigenvalue weighted by Gasteiger charge is 2.48. The number of nitriles is 1. The zero-order chi connectivity index (χ0) is 18.0. The van der Waals surface area contributed by atoms with Crippen LogP contribution in [-0.4, -0.2) is 12.0 Å². The number of ether oxygens (including phenoxy) is 1. The fourth-order valence-electron chi connectivity index (χ4n) is 3.31. The first-order valence-corrected chi connectivity index (χ1v) is 8.54. The van der Waals surface area contributed by atoms with Crippen molar-refractivity contribution in [1.82, 2.24) is 0 Å². The van der Waals surface area contributed by atoms with E-state index < -0.39 is 5.54 Å². The van der Waals surface area contributed by atoms with Crippen molar-refractivity contribution < 1.29 is 9.53 Å². The van der Waals surface area contributed by atoms with Gasteiger partial charge in [-0.05, 0) is 57.0 Å². The fraction of sp³-hybridized carbons (Fsp3) is 0.333. The number of rotatable bonds is 4. The van der Waals surface area contributed by atoms with Crippen molar-refractivity contribution in [1.29, 1.82) is 5.26 Å². The largest absolute Gasteiger partial charge is 0.491 e. The molecule has 1 atom stereocenters. The summed E-state index contributed by atoms with van der Waals surface area (Å²) in [6.07, 6.45) is 0.944. The second-order valence-corrected chi connectivity index (χ2v) is 6.73. The van der Waals surface area contributed by atoms with Gasteiger partial charge < -0.3 is 4.74 Å². The summed E-state index contributed by atoms with van der Waals surface area (Å²) in [5, 5.41) is 10.0. The van der Waals surface area contributed by atoms with E-state index in [2.05, 4.69) is 6.07 Å². The van der Waals surface area contributed by atoms with E-state index in [4.69, 9.17) is 4.74 Å². The molecule has 1 aliphatic rings. The lowest BCUT2D eigenvalue weighted by Gasteiger charge is -2.33. The Hall–Kier alpha value is -2.80. The Morgan fingerprint density at radius 1 is 1.12 bits per heavy atom. The number of nitrogens with zero attached hydrogens (tertiary/aromatic N) is 2. The number of carbonyl (C=O) groups is 1. The Morgan fingerprint density at radius 2 is 1.76 bits per heavy atom. The summed E-state index contributed by atoms with van der Waals surface area (Å²) in [4.78, 5) is 14.2. The van der Waals surface area contributed by atoms with Gasteiger partial charge in [-0.2, -0.15) is 5.26 Å². The molecule has 1 heterocycles. The van der Waals surface area contributed by atoms with Crippen LogP contribution in [0.1, 0.15) is 37.8 Å². The third kappa shape index (κ3) is 3.10. The first-order chi connectivity index (χ1) is 12.0. The average Bonchev–Trinajstić information content (AvgIpc) is 2.93. The summed E-state index contributed by atoms with van der Waals surface area (Å²) in [5.74, 6) is 0.742. The van der Waals surface area contributed by atoms with E-state index in [1.165, 1.54) is 0 Å². The molecule has 0 aromatic heterocycles. The molecule has 2 aromatic carbocycles. The molecule has 4 nitrogen and oxygen atoms in total. The van der Waals surface area contributed by atoms with Crippen LogP contribution in [0.5, 0.6) is 5.75 Å². The number of amides is 1. The van der Waals surface area contributed by atoms with Crippen LogP contribution in [-0.2, 0) is 10.3 Å². The van der Waals surface area contributed by atoms with Crippen LogP contribution in [0.4, 0.5) is 5.69 Å². The van der Waals surface area contributed by atoms with E-state index in [0.717, 1.165) is 22.6 Å². The van der Waals surface area contributed by atoms with Crippen molar-refractivity contribution in [3.63, 3.8) is 0 Å². The zero-order valence-corrected chi connectivity index (χ0v) is 14.8. The number of aryl methyl sites for hydroxylation is 1. The Morgan fingerprint density at radius 3 is 2.32 bits per heavy atom. The van der Waals surface area contributed by atoms with E-state index in [1.54, 1.807) is 4.90 Å². The molecular formula is C21H22N2O2. The van der Waals surface area contributed by atoms with E-state index in [9.17, 15) is 10.1 Å². The van der Waals surface area contributed by atoms with E-state index in [0.29, 0.717) is 12.8 Å². The van der Waals surface area contributed by atoms with Gasteiger partial charge >= 0.3 is 0 Å². The van der Waals surface area contributed by atoms with Crippen LogP contribution in [0.25, 0.3) is 0 Å². The van der Waals surface area contributed by atoms with Crippen molar-refractivity contribution in [2.24, 2.45) is 0 Å². The van der Waals surface area contributed by atoms with Gasteiger partial charge in [0, 0.05) is 12.1 Å². The van der Waals surface area contributed by atoms with Crippen LogP contribution in [0.3, 0.4) is 0 Å². The van der Waals surface area contributed by atoms with Crippen LogP contribution in [0.15, 0.2) is 48.5 Å². The molecule has 0 N–H and O–H groups in total. The van der Waals surface area contributed by atoms with Gasteiger partial charge in [0.2, 0.25) is 5.91 Å². The first kappa shape index (κ1) is 17.0. The Kier molecular flexibility index (Phi) is 4.50. The number of anilines is 1. The van der Waals surface area contributed by atoms with Crippen molar-refractivity contribution in [3.8, 4) is 11.8 Å². The van der Waals surface area contributed by atoms with Crippen molar-refractivity contribution >= 4 is 11.6 Å². The van der Waals surface area contributed by atoms with Gasteiger partial charge in [0.25, 0.3) is 0 Å². The highest BCUT2D eigenvalue weighted by molar-refractivity contribution is 5.98. The number of hydrogen-bond donors (Lipinski definition) is 0. The van der Waals surface area contributed by atoms with Gasteiger partial charge in [-0.3, -0.25) is 9.69 Å². The zero-order valence-electron chi connectivity index (χ0n) is 14.8. The molecule has 0 aliphatic carbocycles. The lowest BCUT2D eigenvalue weighted by atomic mass is 9.88. The molecule has 128 valence electrons. The highest BCUT2D eigenvalue weighted by Crippen LogP contribution is 2.42. The second-order valence-electron chi connectivity index (χ2n) is 6.73. The Labute approximate surface area is 148 Å². The molecule has 0 bridgehead atoms. The summed E-state index contributed by atoms with van der Waals surface area (Å²) in [7, 11) is 0. The van der Waals surface area contributed by atoms with Gasteiger partial charge in [-0.15, -0.1) is 0 Å². The first-order valence-electron chi connectivity index (χ1n) is 8.54. The minimum Gasteiger partial charge on any atom is -0.491 e. The molecule has 2 aromatic rings. The van der Waals surface area contributed by atoms with Crippen LogP contribution >= 0.6 is 0 Å². The standard InChI is InChI=1S/C21H22N2O2/c1-15(2)25-19-10-6-17(7-11-19)21(14-22)13-12-20(24)23(21)18-8-4-16(3)5-9-18/h4-11,15H,12-13H2,1-3H3. The molecule has 0 saturated carbocycles. The smallest absolute Gasteiger partial charge is 0.228 e. The summed E-state index contributed by atoms with van der Waals surface area (Å²) >= 11 is 0. The van der Waals surface area contributed by atoms with Crippen molar-refractivity contribution in [2.45, 2.75) is 45.3 Å². The molecule has 1 fully saturated rings. The minimum atomic E-state index is -0.970. The maximum atomic E-state index is 12.6. The summed E-state index contributed by atoms with van der Waals surface area (Å²) in [5.41, 5.74) is 1.73. The number of hydrogen-bond acceptors (Lipinski definition) is 3. The molecule has 1 aliphatic heterocycles. The van der Waals surface area contributed by atoms with E-state index in [-0.39, 0.29) is 12.0 Å².